The second-order valence-electron chi connectivity index (χ2n) is 0. The first-order chi connectivity index (χ1) is 0. The first kappa shape index (κ1) is 109. The minimum absolute atomic E-state index is 0. The van der Waals surface area contributed by atoms with Crippen LogP contribution in [0, 0.1) is 0 Å². The zero-order valence-electron chi connectivity index (χ0n) is 1.64. The van der Waals surface area contributed by atoms with Gasteiger partial charge in [0.15, 0.2) is 0 Å². The van der Waals surface area contributed by atoms with Gasteiger partial charge < -0.3 is 23.4 Å². The van der Waals surface area contributed by atoms with Crippen molar-refractivity contribution >= 4 is 0 Å². The van der Waals surface area contributed by atoms with E-state index in [2.05, 4.69) is 0 Å². The topological polar surface area (TPSA) is 57.0 Å². The monoisotopic (exact) mass is 118 g/mol. The van der Waals surface area contributed by atoms with Gasteiger partial charge in [0.05, 0.1) is 0 Å². The molecule has 2 nitrogen and oxygen atoms in total. The molecule has 0 atom stereocenters. The standard InChI is InChI=1S/ClH.2O.V/h1H;;;/q;2*-2;/p-1. The van der Waals surface area contributed by atoms with Crippen molar-refractivity contribution < 1.29 is 41.9 Å². The molecule has 0 aliphatic carbocycles. The van der Waals surface area contributed by atoms with Gasteiger partial charge in [0.25, 0.3) is 0 Å². The van der Waals surface area contributed by atoms with E-state index in [0.717, 1.165) is 0 Å². The molecule has 0 spiro atoms. The van der Waals surface area contributed by atoms with Gasteiger partial charge in [-0.05, 0) is 0 Å². The minimum Gasteiger partial charge on any atom is -2.00 e. The maximum Gasteiger partial charge on any atom is 0 e. The van der Waals surface area contributed by atoms with Crippen LogP contribution < -0.4 is 12.4 Å². The van der Waals surface area contributed by atoms with E-state index in [1.807, 2.05) is 0 Å². The van der Waals surface area contributed by atoms with Crippen molar-refractivity contribution in [1.29, 1.82) is 0 Å². The molecule has 0 aliphatic rings. The van der Waals surface area contributed by atoms with Gasteiger partial charge in [-0.25, -0.2) is 0 Å². The SMILES string of the molecule is [Cl-].[O-2].[O-2].[V]. The van der Waals surface area contributed by atoms with Gasteiger partial charge in [-0.3, -0.25) is 0 Å². The predicted molar refractivity (Wildman–Crippen MR) is 1.37 cm³/mol. The van der Waals surface area contributed by atoms with Crippen LogP contribution in [0.15, 0.2) is 0 Å². The molecule has 0 aromatic carbocycles. The van der Waals surface area contributed by atoms with E-state index in [4.69, 9.17) is 0 Å². The molecule has 4 heteroatoms. The fourth-order valence-corrected chi connectivity index (χ4v) is 0. The Morgan fingerprint density at radius 1 is 0.750 bits per heavy atom. The summed E-state index contributed by atoms with van der Waals surface area (Å²) >= 11 is 0. The summed E-state index contributed by atoms with van der Waals surface area (Å²) in [6.07, 6.45) is 0. The first-order valence-electron chi connectivity index (χ1n) is 0. The van der Waals surface area contributed by atoms with Gasteiger partial charge in [0, 0.05) is 18.6 Å². The summed E-state index contributed by atoms with van der Waals surface area (Å²) in [7, 11) is 0. The maximum absolute atomic E-state index is 0. The Balaban J connectivity index is 0. The molecule has 4 heavy (non-hydrogen) atoms. The predicted octanol–water partition coefficient (Wildman–Crippen LogP) is -3.24. The smallest absolute Gasteiger partial charge is 0 e. The molecule has 0 saturated heterocycles. The molecule has 0 aliphatic heterocycles. The Hall–Kier alpha value is 0.794. The first-order valence-corrected chi connectivity index (χ1v) is 0. The van der Waals surface area contributed by atoms with Crippen molar-refractivity contribution in [3.8, 4) is 0 Å². The molecule has 0 aromatic heterocycles. The van der Waals surface area contributed by atoms with Gasteiger partial charge in [0.2, 0.25) is 0 Å². The third-order valence-corrected chi connectivity index (χ3v) is 0. The zero-order chi connectivity index (χ0) is 0. The third-order valence-electron chi connectivity index (χ3n) is 0. The summed E-state index contributed by atoms with van der Waals surface area (Å²) in [5.41, 5.74) is 0. The van der Waals surface area contributed by atoms with E-state index >= 15 is 0 Å². The minimum atomic E-state index is 0. The van der Waals surface area contributed by atoms with E-state index in [9.17, 15) is 0 Å². The average Bonchev–Trinajstić information content (AvgIpc) is 0. The molecule has 0 amide bonds. The molecule has 29 valence electrons. The van der Waals surface area contributed by atoms with E-state index in [1.165, 1.54) is 0 Å². The zero-order valence-corrected chi connectivity index (χ0v) is 3.79. The molecular formula is ClO2V-5. The van der Waals surface area contributed by atoms with Crippen molar-refractivity contribution in [2.24, 2.45) is 0 Å². The van der Waals surface area contributed by atoms with E-state index in [1.54, 1.807) is 0 Å². The molecule has 0 N–H and O–H groups in total. The van der Waals surface area contributed by atoms with E-state index in [0.29, 0.717) is 0 Å². The number of halogens is 1. The molecule has 0 saturated carbocycles. The van der Waals surface area contributed by atoms with Gasteiger partial charge in [-0.1, -0.05) is 0 Å². The summed E-state index contributed by atoms with van der Waals surface area (Å²) in [5, 5.41) is 0. The Morgan fingerprint density at radius 3 is 0.750 bits per heavy atom. The molecule has 0 aromatic rings. The van der Waals surface area contributed by atoms with Gasteiger partial charge in [-0.2, -0.15) is 0 Å². The second-order valence-corrected chi connectivity index (χ2v) is 0. The molecule has 0 fully saturated rings. The third kappa shape index (κ3) is 14.3. The number of hydrogen-bond donors (Lipinski definition) is 0. The van der Waals surface area contributed by atoms with Crippen LogP contribution in [0.1, 0.15) is 0 Å². The Bertz CT molecular complexity index is 6.00. The van der Waals surface area contributed by atoms with Gasteiger partial charge >= 0.3 is 0 Å². The summed E-state index contributed by atoms with van der Waals surface area (Å²) in [4.78, 5) is 0. The van der Waals surface area contributed by atoms with Crippen LogP contribution in [0.25, 0.3) is 0 Å². The fourth-order valence-electron chi connectivity index (χ4n) is 0. The molecule has 0 heterocycles. The van der Waals surface area contributed by atoms with Crippen molar-refractivity contribution in [2.75, 3.05) is 0 Å². The fraction of sp³-hybridized carbons (Fsp3) is 0. The molecule has 1 radical (unpaired) electrons. The Morgan fingerprint density at radius 2 is 0.750 bits per heavy atom. The summed E-state index contributed by atoms with van der Waals surface area (Å²) in [5.74, 6) is 0. The van der Waals surface area contributed by atoms with Crippen molar-refractivity contribution in [3.05, 3.63) is 0 Å². The van der Waals surface area contributed by atoms with Crippen LogP contribution in [0.3, 0.4) is 0 Å². The quantitative estimate of drug-likeness (QED) is 0.321. The second kappa shape index (κ2) is 46.9. The Labute approximate surface area is 42.5 Å². The van der Waals surface area contributed by atoms with Crippen molar-refractivity contribution in [3.63, 3.8) is 0 Å². The molecular weight excluding hydrogens is 118 g/mol. The van der Waals surface area contributed by atoms with Crippen molar-refractivity contribution in [2.45, 2.75) is 0 Å². The largest absolute Gasteiger partial charge is 2.00 e. The molecule has 0 unspecified atom stereocenters. The Kier molecular flexibility index (Phi) is 1280. The van der Waals surface area contributed by atoms with Crippen LogP contribution in [0.2, 0.25) is 0 Å². The summed E-state index contributed by atoms with van der Waals surface area (Å²) in [6, 6.07) is 0. The molecule has 0 bridgehead atoms. The van der Waals surface area contributed by atoms with Crippen LogP contribution in [0.5, 0.6) is 0 Å². The van der Waals surface area contributed by atoms with E-state index < -0.39 is 0 Å². The normalized spacial score (nSPS) is 0. The average molecular weight is 118 g/mol. The van der Waals surface area contributed by atoms with Crippen LogP contribution >= 0.6 is 0 Å². The van der Waals surface area contributed by atoms with E-state index in [-0.39, 0.29) is 41.9 Å². The van der Waals surface area contributed by atoms with Crippen LogP contribution in [0.4, 0.5) is 0 Å². The van der Waals surface area contributed by atoms with Gasteiger partial charge in [0.1, 0.15) is 0 Å². The molecule has 0 rings (SSSR count). The summed E-state index contributed by atoms with van der Waals surface area (Å²) < 4.78 is 0. The van der Waals surface area contributed by atoms with Crippen LogP contribution in [-0.4, -0.2) is 0 Å². The maximum atomic E-state index is 0. The van der Waals surface area contributed by atoms with Gasteiger partial charge in [-0.15, -0.1) is 0 Å². The van der Waals surface area contributed by atoms with Crippen LogP contribution in [-0.2, 0) is 29.5 Å². The number of rotatable bonds is 0. The van der Waals surface area contributed by atoms with Crippen molar-refractivity contribution in [1.82, 2.24) is 0 Å². The number of hydrogen-bond acceptors (Lipinski definition) is 0. The summed E-state index contributed by atoms with van der Waals surface area (Å²) in [6.45, 7) is 0.